The van der Waals surface area contributed by atoms with Crippen LogP contribution in [0.4, 0.5) is 0 Å². The van der Waals surface area contributed by atoms with Gasteiger partial charge in [-0.05, 0) is 34.2 Å². The molecule has 0 spiro atoms. The molecule has 70 valence electrons. The highest BCUT2D eigenvalue weighted by Gasteiger charge is 2.10. The number of rotatable bonds is 1. The lowest BCUT2D eigenvalue weighted by Gasteiger charge is -1.98. The molecule has 0 saturated heterocycles. The Kier molecular flexibility index (Phi) is 2.39. The summed E-state index contributed by atoms with van der Waals surface area (Å²) in [5, 5.41) is 16.8. The van der Waals surface area contributed by atoms with Crippen LogP contribution in [-0.2, 0) is 6.54 Å². The Morgan fingerprint density at radius 3 is 3.00 bits per heavy atom. The minimum Gasteiger partial charge on any atom is -0.326 e. The predicted octanol–water partition coefficient (Wildman–Crippen LogP) is 1.50. The van der Waals surface area contributed by atoms with E-state index in [2.05, 4.69) is 38.9 Å². The number of hydrogen-bond donors (Lipinski definition) is 2. The fourth-order valence-corrected chi connectivity index (χ4v) is 2.07. The second-order valence-electron chi connectivity index (χ2n) is 2.85. The summed E-state index contributed by atoms with van der Waals surface area (Å²) >= 11 is 2.13. The first kappa shape index (κ1) is 9.43. The first-order chi connectivity index (χ1) is 6.77. The highest BCUT2D eigenvalue weighted by Crippen LogP contribution is 2.24. The largest absolute Gasteiger partial charge is 0.326 e. The van der Waals surface area contributed by atoms with Gasteiger partial charge in [-0.3, -0.25) is 5.10 Å². The van der Waals surface area contributed by atoms with Crippen molar-refractivity contribution in [3.8, 4) is 6.07 Å². The Morgan fingerprint density at radius 1 is 1.57 bits per heavy atom. The van der Waals surface area contributed by atoms with Gasteiger partial charge in [0.15, 0.2) is 0 Å². The molecule has 4 nitrogen and oxygen atoms in total. The zero-order valence-electron chi connectivity index (χ0n) is 7.21. The minimum atomic E-state index is 0.434. The zero-order chi connectivity index (χ0) is 10.1. The number of nitrogens with one attached hydrogen (secondary N) is 1. The van der Waals surface area contributed by atoms with Crippen molar-refractivity contribution in [1.82, 2.24) is 10.2 Å². The van der Waals surface area contributed by atoms with Crippen LogP contribution in [0.15, 0.2) is 12.1 Å². The molecule has 14 heavy (non-hydrogen) atoms. The Bertz CT molecular complexity index is 523. The van der Waals surface area contributed by atoms with E-state index in [4.69, 9.17) is 11.0 Å². The molecule has 2 aromatic rings. The van der Waals surface area contributed by atoms with Crippen LogP contribution < -0.4 is 5.73 Å². The normalized spacial score (nSPS) is 10.4. The molecule has 0 radical (unpaired) electrons. The van der Waals surface area contributed by atoms with Gasteiger partial charge in [0.1, 0.15) is 3.70 Å². The molecule has 0 amide bonds. The molecule has 0 bridgehead atoms. The van der Waals surface area contributed by atoms with E-state index in [0.717, 1.165) is 20.2 Å². The van der Waals surface area contributed by atoms with Crippen LogP contribution in [0.3, 0.4) is 0 Å². The average molecular weight is 298 g/mol. The summed E-state index contributed by atoms with van der Waals surface area (Å²) in [4.78, 5) is 0. The lowest BCUT2D eigenvalue weighted by molar-refractivity contribution is 1.05. The molecule has 1 aromatic heterocycles. The third-order valence-electron chi connectivity index (χ3n) is 2.09. The predicted molar refractivity (Wildman–Crippen MR) is 61.4 cm³/mol. The van der Waals surface area contributed by atoms with Crippen molar-refractivity contribution >= 4 is 33.5 Å². The minimum absolute atomic E-state index is 0.434. The highest BCUT2D eigenvalue weighted by molar-refractivity contribution is 14.1. The summed E-state index contributed by atoms with van der Waals surface area (Å²) in [5.41, 5.74) is 7.97. The molecule has 0 saturated carbocycles. The number of aromatic amines is 1. The number of fused-ring (bicyclic) bond motifs is 1. The standard InChI is InChI=1S/C9H7IN4/c10-9-7-5(3-11)1-2-6(4-12)8(7)13-14-9/h1-2H,4,12H2,(H,13,14). The van der Waals surface area contributed by atoms with E-state index in [0.29, 0.717) is 12.1 Å². The van der Waals surface area contributed by atoms with Crippen molar-refractivity contribution in [2.75, 3.05) is 0 Å². The van der Waals surface area contributed by atoms with Gasteiger partial charge in [0, 0.05) is 6.54 Å². The monoisotopic (exact) mass is 298 g/mol. The van der Waals surface area contributed by atoms with Gasteiger partial charge in [-0.1, -0.05) is 6.07 Å². The number of H-pyrrole nitrogens is 1. The van der Waals surface area contributed by atoms with Crippen LogP contribution >= 0.6 is 22.6 Å². The molecule has 1 aromatic carbocycles. The van der Waals surface area contributed by atoms with Gasteiger partial charge in [0.25, 0.3) is 0 Å². The summed E-state index contributed by atoms with van der Waals surface area (Å²) in [5.74, 6) is 0. The Morgan fingerprint density at radius 2 is 2.36 bits per heavy atom. The lowest BCUT2D eigenvalue weighted by atomic mass is 10.1. The summed E-state index contributed by atoms with van der Waals surface area (Å²) in [6, 6.07) is 5.77. The fourth-order valence-electron chi connectivity index (χ4n) is 1.40. The first-order valence-corrected chi connectivity index (χ1v) is 5.11. The van der Waals surface area contributed by atoms with Crippen LogP contribution in [0, 0.1) is 15.0 Å². The summed E-state index contributed by atoms with van der Waals surface area (Å²) in [7, 11) is 0. The van der Waals surface area contributed by atoms with Crippen molar-refractivity contribution in [1.29, 1.82) is 5.26 Å². The van der Waals surface area contributed by atoms with Crippen LogP contribution in [0.5, 0.6) is 0 Å². The SMILES string of the molecule is N#Cc1ccc(CN)c2n[nH]c(I)c12. The molecule has 0 atom stereocenters. The molecule has 1 heterocycles. The van der Waals surface area contributed by atoms with E-state index in [-0.39, 0.29) is 0 Å². The number of hydrogen-bond acceptors (Lipinski definition) is 3. The van der Waals surface area contributed by atoms with E-state index in [1.165, 1.54) is 0 Å². The summed E-state index contributed by atoms with van der Waals surface area (Å²) in [6.07, 6.45) is 0. The Balaban J connectivity index is 2.89. The van der Waals surface area contributed by atoms with Gasteiger partial charge < -0.3 is 5.73 Å². The van der Waals surface area contributed by atoms with Crippen molar-refractivity contribution in [3.63, 3.8) is 0 Å². The number of nitrogens with zero attached hydrogens (tertiary/aromatic N) is 2. The summed E-state index contributed by atoms with van der Waals surface area (Å²) < 4.78 is 0.879. The molecule has 0 aliphatic carbocycles. The molecule has 0 fully saturated rings. The van der Waals surface area contributed by atoms with Gasteiger partial charge in [0.2, 0.25) is 0 Å². The molecular formula is C9H7IN4. The van der Waals surface area contributed by atoms with Crippen LogP contribution in [0.1, 0.15) is 11.1 Å². The molecule has 0 aliphatic rings. The van der Waals surface area contributed by atoms with Crippen LogP contribution in [-0.4, -0.2) is 10.2 Å². The van der Waals surface area contributed by atoms with E-state index >= 15 is 0 Å². The molecule has 2 rings (SSSR count). The van der Waals surface area contributed by atoms with Crippen LogP contribution in [0.25, 0.3) is 10.9 Å². The number of benzene rings is 1. The number of nitriles is 1. The Hall–Kier alpha value is -1.13. The van der Waals surface area contributed by atoms with Crippen molar-refractivity contribution in [2.45, 2.75) is 6.54 Å². The first-order valence-electron chi connectivity index (χ1n) is 4.03. The van der Waals surface area contributed by atoms with Gasteiger partial charge in [0.05, 0.1) is 22.5 Å². The fraction of sp³-hybridized carbons (Fsp3) is 0.111. The van der Waals surface area contributed by atoms with E-state index in [1.807, 2.05) is 6.07 Å². The molecule has 0 aliphatic heterocycles. The van der Waals surface area contributed by atoms with E-state index in [9.17, 15) is 0 Å². The quantitative estimate of drug-likeness (QED) is 0.783. The average Bonchev–Trinajstić information content (AvgIpc) is 2.60. The third-order valence-corrected chi connectivity index (χ3v) is 2.87. The van der Waals surface area contributed by atoms with Gasteiger partial charge in [-0.15, -0.1) is 0 Å². The van der Waals surface area contributed by atoms with Gasteiger partial charge >= 0.3 is 0 Å². The molecule has 3 N–H and O–H groups in total. The van der Waals surface area contributed by atoms with Gasteiger partial charge in [-0.25, -0.2) is 0 Å². The van der Waals surface area contributed by atoms with Gasteiger partial charge in [-0.2, -0.15) is 10.4 Å². The number of aromatic nitrogens is 2. The third kappa shape index (κ3) is 1.27. The Labute approximate surface area is 94.2 Å². The number of nitrogens with two attached hydrogens (primary N) is 1. The zero-order valence-corrected chi connectivity index (χ0v) is 9.37. The lowest BCUT2D eigenvalue weighted by Crippen LogP contribution is -1.97. The molecule has 5 heteroatoms. The highest BCUT2D eigenvalue weighted by atomic mass is 127. The maximum Gasteiger partial charge on any atom is 0.105 e. The maximum atomic E-state index is 8.92. The van der Waals surface area contributed by atoms with Crippen molar-refractivity contribution < 1.29 is 0 Å². The maximum absolute atomic E-state index is 8.92. The number of halogens is 1. The van der Waals surface area contributed by atoms with Crippen LogP contribution in [0.2, 0.25) is 0 Å². The molecular weight excluding hydrogens is 291 g/mol. The summed E-state index contributed by atoms with van der Waals surface area (Å²) in [6.45, 7) is 0.434. The topological polar surface area (TPSA) is 78.5 Å². The second-order valence-corrected chi connectivity index (χ2v) is 3.93. The second kappa shape index (κ2) is 3.55. The van der Waals surface area contributed by atoms with Crippen molar-refractivity contribution in [3.05, 3.63) is 27.0 Å². The molecule has 0 unspecified atom stereocenters. The smallest absolute Gasteiger partial charge is 0.105 e. The van der Waals surface area contributed by atoms with Crippen molar-refractivity contribution in [2.24, 2.45) is 5.73 Å². The van der Waals surface area contributed by atoms with E-state index < -0.39 is 0 Å². The van der Waals surface area contributed by atoms with E-state index in [1.54, 1.807) is 6.07 Å².